The van der Waals surface area contributed by atoms with Gasteiger partial charge in [0.25, 0.3) is 5.91 Å². The number of rotatable bonds is 6. The Bertz CT molecular complexity index is 906. The van der Waals surface area contributed by atoms with Crippen LogP contribution < -0.4 is 0 Å². The number of fused-ring (bicyclic) bond motifs is 1. The van der Waals surface area contributed by atoms with Crippen molar-refractivity contribution in [1.82, 2.24) is 15.1 Å². The predicted molar refractivity (Wildman–Crippen MR) is 103 cm³/mol. The van der Waals surface area contributed by atoms with E-state index in [0.29, 0.717) is 23.9 Å². The van der Waals surface area contributed by atoms with Gasteiger partial charge in [-0.1, -0.05) is 29.8 Å². The highest BCUT2D eigenvalue weighted by Gasteiger charge is 2.42. The zero-order chi connectivity index (χ0) is 18.1. The van der Waals surface area contributed by atoms with Crippen molar-refractivity contribution in [3.63, 3.8) is 0 Å². The second-order valence-electron chi connectivity index (χ2n) is 6.13. The number of nitrogens with one attached hydrogen (secondary N) is 1. The maximum absolute atomic E-state index is 13.0. The van der Waals surface area contributed by atoms with Crippen LogP contribution in [0.5, 0.6) is 0 Å². The second kappa shape index (κ2) is 7.23. The highest BCUT2D eigenvalue weighted by atomic mass is 35.5. The smallest absolute Gasteiger partial charge is 0.273 e. The van der Waals surface area contributed by atoms with Gasteiger partial charge < -0.3 is 9.64 Å². The fourth-order valence-electron chi connectivity index (χ4n) is 3.38. The zero-order valence-electron chi connectivity index (χ0n) is 14.2. The molecule has 1 aliphatic rings. The number of methoxy groups -OCH3 is 1. The molecule has 2 aromatic heterocycles. The molecule has 0 spiro atoms. The molecule has 1 N–H and O–H groups in total. The molecule has 1 atom stereocenters. The maximum Gasteiger partial charge on any atom is 0.273 e. The van der Waals surface area contributed by atoms with Crippen LogP contribution in [0, 0.1) is 0 Å². The fraction of sp³-hybridized carbons (Fsp3) is 0.263. The molecule has 0 saturated carbocycles. The lowest BCUT2D eigenvalue weighted by atomic mass is 10.0. The van der Waals surface area contributed by atoms with Crippen LogP contribution in [0.1, 0.15) is 33.4 Å². The van der Waals surface area contributed by atoms with Gasteiger partial charge in [0.1, 0.15) is 5.69 Å². The molecular weight excluding hydrogens is 370 g/mol. The number of aromatic nitrogens is 2. The van der Waals surface area contributed by atoms with Gasteiger partial charge in [-0.05, 0) is 30.0 Å². The van der Waals surface area contributed by atoms with E-state index < -0.39 is 0 Å². The summed E-state index contributed by atoms with van der Waals surface area (Å²) in [6.07, 6.45) is 0.790. The molecule has 1 unspecified atom stereocenters. The van der Waals surface area contributed by atoms with E-state index in [4.69, 9.17) is 16.3 Å². The lowest BCUT2D eigenvalue weighted by Gasteiger charge is -2.25. The van der Waals surface area contributed by atoms with Crippen molar-refractivity contribution in [2.75, 3.05) is 20.3 Å². The molecule has 0 radical (unpaired) electrons. The van der Waals surface area contributed by atoms with Crippen molar-refractivity contribution in [2.24, 2.45) is 0 Å². The molecule has 3 aromatic rings. The fourth-order valence-corrected chi connectivity index (χ4v) is 4.35. The predicted octanol–water partition coefficient (Wildman–Crippen LogP) is 4.37. The number of benzene rings is 1. The van der Waals surface area contributed by atoms with Crippen molar-refractivity contribution in [3.05, 3.63) is 62.9 Å². The van der Waals surface area contributed by atoms with Crippen LogP contribution >= 0.6 is 22.9 Å². The number of hydrogen-bond acceptors (Lipinski definition) is 4. The lowest BCUT2D eigenvalue weighted by Crippen LogP contribution is -2.30. The topological polar surface area (TPSA) is 58.2 Å². The first-order valence-electron chi connectivity index (χ1n) is 8.38. The van der Waals surface area contributed by atoms with E-state index in [1.54, 1.807) is 18.4 Å². The summed E-state index contributed by atoms with van der Waals surface area (Å²) < 4.78 is 5.16. The van der Waals surface area contributed by atoms with E-state index in [9.17, 15) is 4.79 Å². The van der Waals surface area contributed by atoms with Gasteiger partial charge in [-0.25, -0.2) is 0 Å². The normalized spacial score (nSPS) is 16.3. The van der Waals surface area contributed by atoms with Gasteiger partial charge in [0.15, 0.2) is 0 Å². The summed E-state index contributed by atoms with van der Waals surface area (Å²) in [5, 5.41) is 10.1. The van der Waals surface area contributed by atoms with Crippen LogP contribution in [0.3, 0.4) is 0 Å². The first-order chi connectivity index (χ1) is 12.7. The van der Waals surface area contributed by atoms with Crippen molar-refractivity contribution >= 4 is 28.8 Å². The van der Waals surface area contributed by atoms with Crippen LogP contribution in [-0.2, 0) is 4.74 Å². The molecule has 5 nitrogen and oxygen atoms in total. The van der Waals surface area contributed by atoms with Crippen LogP contribution in [0.25, 0.3) is 11.3 Å². The van der Waals surface area contributed by atoms with E-state index in [1.807, 2.05) is 40.6 Å². The molecule has 134 valence electrons. The molecule has 0 fully saturated rings. The summed E-state index contributed by atoms with van der Waals surface area (Å²) in [4.78, 5) is 16.0. The van der Waals surface area contributed by atoms with Gasteiger partial charge in [-0.2, -0.15) is 5.10 Å². The minimum absolute atomic E-state index is 0.0118. The van der Waals surface area contributed by atoms with Gasteiger partial charge in [0, 0.05) is 41.3 Å². The number of halogens is 1. The minimum atomic E-state index is -0.126. The maximum atomic E-state index is 13.0. The largest absolute Gasteiger partial charge is 0.385 e. The van der Waals surface area contributed by atoms with Crippen molar-refractivity contribution in [3.8, 4) is 11.3 Å². The van der Waals surface area contributed by atoms with Gasteiger partial charge in [-0.15, -0.1) is 11.3 Å². The molecule has 0 bridgehead atoms. The van der Waals surface area contributed by atoms with Crippen LogP contribution in [0.15, 0.2) is 41.8 Å². The van der Waals surface area contributed by atoms with Crippen molar-refractivity contribution in [1.29, 1.82) is 0 Å². The molecule has 1 amide bonds. The van der Waals surface area contributed by atoms with Crippen molar-refractivity contribution < 1.29 is 9.53 Å². The first kappa shape index (κ1) is 17.3. The Hall–Kier alpha value is -2.15. The minimum Gasteiger partial charge on any atom is -0.385 e. The Labute approximate surface area is 160 Å². The monoisotopic (exact) mass is 387 g/mol. The van der Waals surface area contributed by atoms with E-state index in [0.717, 1.165) is 28.1 Å². The third-order valence-electron chi connectivity index (χ3n) is 4.54. The van der Waals surface area contributed by atoms with E-state index in [2.05, 4.69) is 16.3 Å². The number of carbonyl (C=O) groups excluding carboxylic acids is 1. The third-order valence-corrected chi connectivity index (χ3v) is 5.72. The van der Waals surface area contributed by atoms with Crippen LogP contribution in [0.2, 0.25) is 5.02 Å². The van der Waals surface area contributed by atoms with Gasteiger partial charge >= 0.3 is 0 Å². The molecule has 1 aromatic carbocycles. The molecule has 3 heterocycles. The SMILES string of the molecule is COCCCN1C(=O)c2[nH]nc(-c3ccc(Cl)cc3)c2C1c1cccs1. The van der Waals surface area contributed by atoms with E-state index in [-0.39, 0.29) is 11.9 Å². The number of carbonyl (C=O) groups is 1. The number of ether oxygens (including phenoxy) is 1. The first-order valence-corrected chi connectivity index (χ1v) is 9.64. The number of H-pyrrole nitrogens is 1. The highest BCUT2D eigenvalue weighted by molar-refractivity contribution is 7.10. The van der Waals surface area contributed by atoms with Crippen LogP contribution in [0.4, 0.5) is 0 Å². The Morgan fingerprint density at radius 2 is 2.12 bits per heavy atom. The average Bonchev–Trinajstić information content (AvgIpc) is 3.35. The van der Waals surface area contributed by atoms with Crippen LogP contribution in [-0.4, -0.2) is 41.3 Å². The standard InChI is InChI=1S/C19H18ClN3O2S/c1-25-10-3-9-23-18(14-4-2-11-26-14)15-16(21-22-17(15)19(23)24)12-5-7-13(20)8-6-12/h2,4-8,11,18H,3,9-10H2,1H3,(H,21,22). The molecule has 4 rings (SSSR count). The van der Waals surface area contributed by atoms with Gasteiger partial charge in [-0.3, -0.25) is 9.89 Å². The Kier molecular flexibility index (Phi) is 4.80. The third kappa shape index (κ3) is 2.94. The lowest BCUT2D eigenvalue weighted by molar-refractivity contribution is 0.0725. The molecule has 0 aliphatic carbocycles. The molecular formula is C19H18ClN3O2S. The number of amides is 1. The molecule has 1 aliphatic heterocycles. The number of hydrogen-bond donors (Lipinski definition) is 1. The van der Waals surface area contributed by atoms with E-state index in [1.165, 1.54) is 0 Å². The average molecular weight is 388 g/mol. The number of nitrogens with zero attached hydrogens (tertiary/aromatic N) is 2. The number of thiophene rings is 1. The second-order valence-corrected chi connectivity index (χ2v) is 7.55. The van der Waals surface area contributed by atoms with Gasteiger partial charge in [0.2, 0.25) is 0 Å². The Balaban J connectivity index is 1.78. The molecule has 26 heavy (non-hydrogen) atoms. The van der Waals surface area contributed by atoms with Crippen molar-refractivity contribution in [2.45, 2.75) is 12.5 Å². The van der Waals surface area contributed by atoms with Gasteiger partial charge in [0.05, 0.1) is 11.7 Å². The highest BCUT2D eigenvalue weighted by Crippen LogP contribution is 2.44. The summed E-state index contributed by atoms with van der Waals surface area (Å²) in [6.45, 7) is 1.26. The Morgan fingerprint density at radius 3 is 2.81 bits per heavy atom. The molecule has 0 saturated heterocycles. The summed E-state index contributed by atoms with van der Waals surface area (Å²) in [6, 6.07) is 11.5. The summed E-state index contributed by atoms with van der Waals surface area (Å²) in [5.74, 6) is -0.0118. The summed E-state index contributed by atoms with van der Waals surface area (Å²) in [5.41, 5.74) is 3.26. The molecule has 7 heteroatoms. The summed E-state index contributed by atoms with van der Waals surface area (Å²) in [7, 11) is 1.67. The zero-order valence-corrected chi connectivity index (χ0v) is 15.8. The Morgan fingerprint density at radius 1 is 1.31 bits per heavy atom. The van der Waals surface area contributed by atoms with E-state index >= 15 is 0 Å². The summed E-state index contributed by atoms with van der Waals surface area (Å²) >= 11 is 7.67. The quantitative estimate of drug-likeness (QED) is 0.639. The number of aromatic amines is 1.